The number of hydrogen-bond donors (Lipinski definition) is 0. The Morgan fingerprint density at radius 3 is 2.48 bits per heavy atom. The fourth-order valence-corrected chi connectivity index (χ4v) is 4.94. The van der Waals surface area contributed by atoms with Crippen molar-refractivity contribution in [2.75, 3.05) is 4.90 Å². The van der Waals surface area contributed by atoms with Gasteiger partial charge in [-0.15, -0.1) is 0 Å². The van der Waals surface area contributed by atoms with E-state index in [1.54, 1.807) is 25.2 Å². The smallest absolute Gasteiger partial charge is 0.288 e. The average molecular weight is 423 g/mol. The number of nitrogens with zero attached hydrogens (tertiary/aromatic N) is 2. The Kier molecular flexibility index (Phi) is 4.58. The standard InChI is InChI=1S/C19H13Cl2FN2O2S/c1-23-18-17(27-19(23)26)14(13-7-2-10(20)8-15(13)21)9-16(25)24(18)12-5-3-11(22)4-6-12/h2-8,14H,9H2,1H3/t14-/m0/s1. The third-order valence-electron chi connectivity index (χ3n) is 4.59. The van der Waals surface area contributed by atoms with E-state index in [-0.39, 0.29) is 23.1 Å². The maximum absolute atomic E-state index is 13.3. The van der Waals surface area contributed by atoms with Gasteiger partial charge in [-0.25, -0.2) is 4.39 Å². The molecule has 0 saturated heterocycles. The van der Waals surface area contributed by atoms with Crippen molar-refractivity contribution in [3.63, 3.8) is 0 Å². The molecule has 1 amide bonds. The van der Waals surface area contributed by atoms with Gasteiger partial charge in [0.05, 0.1) is 10.6 Å². The number of aromatic nitrogens is 1. The van der Waals surface area contributed by atoms with Gasteiger partial charge in [0.1, 0.15) is 11.6 Å². The number of benzene rings is 2. The van der Waals surface area contributed by atoms with Gasteiger partial charge < -0.3 is 0 Å². The predicted molar refractivity (Wildman–Crippen MR) is 106 cm³/mol. The summed E-state index contributed by atoms with van der Waals surface area (Å²) >= 11 is 13.4. The number of thiazole rings is 1. The van der Waals surface area contributed by atoms with E-state index in [1.807, 2.05) is 0 Å². The second-order valence-electron chi connectivity index (χ2n) is 6.24. The van der Waals surface area contributed by atoms with Crippen LogP contribution in [0.15, 0.2) is 47.3 Å². The van der Waals surface area contributed by atoms with Crippen LogP contribution in [0.2, 0.25) is 10.0 Å². The molecule has 0 radical (unpaired) electrons. The number of rotatable bonds is 2. The minimum Gasteiger partial charge on any atom is -0.288 e. The summed E-state index contributed by atoms with van der Waals surface area (Å²) in [6.07, 6.45) is 0.145. The summed E-state index contributed by atoms with van der Waals surface area (Å²) in [5.41, 5.74) is 1.26. The highest BCUT2D eigenvalue weighted by Crippen LogP contribution is 2.46. The quantitative estimate of drug-likeness (QED) is 0.576. The van der Waals surface area contributed by atoms with Crippen LogP contribution in [0.5, 0.6) is 0 Å². The summed E-state index contributed by atoms with van der Waals surface area (Å²) in [4.78, 5) is 27.4. The van der Waals surface area contributed by atoms with Crippen molar-refractivity contribution in [1.82, 2.24) is 4.57 Å². The molecule has 4 nitrogen and oxygen atoms in total. The number of anilines is 2. The average Bonchev–Trinajstić information content (AvgIpc) is 2.91. The van der Waals surface area contributed by atoms with Crippen LogP contribution in [-0.2, 0) is 11.8 Å². The number of amides is 1. The lowest BCUT2D eigenvalue weighted by molar-refractivity contribution is -0.118. The van der Waals surface area contributed by atoms with Crippen molar-refractivity contribution in [3.05, 3.63) is 78.4 Å². The van der Waals surface area contributed by atoms with Crippen molar-refractivity contribution in [3.8, 4) is 0 Å². The molecule has 3 aromatic rings. The van der Waals surface area contributed by atoms with Gasteiger partial charge in [-0.2, -0.15) is 0 Å². The third-order valence-corrected chi connectivity index (χ3v) is 6.29. The Balaban J connectivity index is 1.90. The summed E-state index contributed by atoms with van der Waals surface area (Å²) in [5.74, 6) is -0.441. The number of carbonyl (C=O) groups excluding carboxylic acids is 1. The van der Waals surface area contributed by atoms with Gasteiger partial charge in [0.15, 0.2) is 0 Å². The summed E-state index contributed by atoms with van der Waals surface area (Å²) in [7, 11) is 1.62. The Morgan fingerprint density at radius 1 is 1.11 bits per heavy atom. The first-order valence-electron chi connectivity index (χ1n) is 8.10. The zero-order valence-corrected chi connectivity index (χ0v) is 16.4. The molecular weight excluding hydrogens is 410 g/mol. The Morgan fingerprint density at radius 2 is 1.81 bits per heavy atom. The third kappa shape index (κ3) is 3.08. The Bertz CT molecular complexity index is 1110. The van der Waals surface area contributed by atoms with Gasteiger partial charge >= 0.3 is 4.87 Å². The van der Waals surface area contributed by atoms with Crippen LogP contribution < -0.4 is 9.77 Å². The van der Waals surface area contributed by atoms with Crippen LogP contribution in [0.25, 0.3) is 0 Å². The van der Waals surface area contributed by atoms with Crippen LogP contribution in [0, 0.1) is 5.82 Å². The van der Waals surface area contributed by atoms with Crippen molar-refractivity contribution >= 4 is 52.0 Å². The van der Waals surface area contributed by atoms with Crippen molar-refractivity contribution in [2.45, 2.75) is 12.3 Å². The fourth-order valence-electron chi connectivity index (χ4n) is 3.32. The summed E-state index contributed by atoms with van der Waals surface area (Å²) < 4.78 is 14.8. The van der Waals surface area contributed by atoms with Gasteiger partial charge in [-0.3, -0.25) is 19.1 Å². The van der Waals surface area contributed by atoms with Crippen LogP contribution in [-0.4, -0.2) is 10.5 Å². The topological polar surface area (TPSA) is 42.3 Å². The van der Waals surface area contributed by atoms with E-state index in [0.717, 1.165) is 21.8 Å². The highest BCUT2D eigenvalue weighted by Gasteiger charge is 2.38. The first kappa shape index (κ1) is 18.2. The number of halogens is 3. The normalized spacial score (nSPS) is 16.5. The lowest BCUT2D eigenvalue weighted by Crippen LogP contribution is -2.34. The van der Waals surface area contributed by atoms with E-state index in [0.29, 0.717) is 21.6 Å². The van der Waals surface area contributed by atoms with E-state index >= 15 is 0 Å². The molecule has 2 heterocycles. The molecule has 0 fully saturated rings. The number of carbonyl (C=O) groups is 1. The molecule has 0 aliphatic carbocycles. The molecule has 2 aromatic carbocycles. The molecular formula is C19H13Cl2FN2O2S. The maximum Gasteiger partial charge on any atom is 0.308 e. The predicted octanol–water partition coefficient (Wildman–Crippen LogP) is 5.09. The van der Waals surface area contributed by atoms with Gasteiger partial charge in [-0.1, -0.05) is 40.6 Å². The van der Waals surface area contributed by atoms with Crippen molar-refractivity contribution < 1.29 is 9.18 Å². The molecule has 0 saturated carbocycles. The molecule has 8 heteroatoms. The second kappa shape index (κ2) is 6.78. The second-order valence-corrected chi connectivity index (χ2v) is 8.08. The molecule has 4 rings (SSSR count). The van der Waals surface area contributed by atoms with Gasteiger partial charge in [0.25, 0.3) is 0 Å². The molecule has 1 aliphatic heterocycles. The van der Waals surface area contributed by atoms with Gasteiger partial charge in [0.2, 0.25) is 5.91 Å². The largest absolute Gasteiger partial charge is 0.308 e. The molecule has 0 N–H and O–H groups in total. The lowest BCUT2D eigenvalue weighted by Gasteiger charge is -2.32. The van der Waals surface area contributed by atoms with Crippen LogP contribution in [0.3, 0.4) is 0 Å². The Labute approximate surface area is 168 Å². The van der Waals surface area contributed by atoms with Crippen LogP contribution >= 0.6 is 34.5 Å². The zero-order chi connectivity index (χ0) is 19.3. The summed E-state index contributed by atoms with van der Waals surface area (Å²) in [5, 5.41) is 0.949. The van der Waals surface area contributed by atoms with E-state index in [4.69, 9.17) is 23.2 Å². The SMILES string of the molecule is Cn1c2c(sc1=O)[C@H](c1ccc(Cl)cc1Cl)CC(=O)N2c1ccc(F)cc1. The minimum absolute atomic E-state index is 0.145. The first-order valence-corrected chi connectivity index (χ1v) is 9.67. The molecule has 1 aliphatic rings. The zero-order valence-electron chi connectivity index (χ0n) is 14.1. The van der Waals surface area contributed by atoms with E-state index in [1.165, 1.54) is 33.7 Å². The van der Waals surface area contributed by atoms with E-state index in [2.05, 4.69) is 0 Å². The molecule has 1 atom stereocenters. The van der Waals surface area contributed by atoms with Crippen molar-refractivity contribution in [2.24, 2.45) is 7.05 Å². The lowest BCUT2D eigenvalue weighted by atomic mass is 9.90. The molecule has 0 bridgehead atoms. The number of hydrogen-bond acceptors (Lipinski definition) is 3. The fraction of sp³-hybridized carbons (Fsp3) is 0.158. The molecule has 0 spiro atoms. The minimum atomic E-state index is -0.395. The molecule has 1 aromatic heterocycles. The monoisotopic (exact) mass is 422 g/mol. The summed E-state index contributed by atoms with van der Waals surface area (Å²) in [6, 6.07) is 10.7. The molecule has 27 heavy (non-hydrogen) atoms. The highest BCUT2D eigenvalue weighted by atomic mass is 35.5. The number of fused-ring (bicyclic) bond motifs is 1. The van der Waals surface area contributed by atoms with E-state index < -0.39 is 5.82 Å². The first-order chi connectivity index (χ1) is 12.9. The van der Waals surface area contributed by atoms with Crippen molar-refractivity contribution in [1.29, 1.82) is 0 Å². The summed E-state index contributed by atoms with van der Waals surface area (Å²) in [6.45, 7) is 0. The van der Waals surface area contributed by atoms with Crippen LogP contribution in [0.4, 0.5) is 15.9 Å². The maximum atomic E-state index is 13.3. The molecule has 0 unspecified atom stereocenters. The molecule has 138 valence electrons. The van der Waals surface area contributed by atoms with E-state index in [9.17, 15) is 14.0 Å². The highest BCUT2D eigenvalue weighted by molar-refractivity contribution is 7.10. The Hall–Kier alpha value is -2.15. The van der Waals surface area contributed by atoms with Gasteiger partial charge in [0, 0.05) is 29.4 Å². The van der Waals surface area contributed by atoms with Gasteiger partial charge in [-0.05, 0) is 42.0 Å². The van der Waals surface area contributed by atoms with Crippen LogP contribution in [0.1, 0.15) is 22.8 Å².